The highest BCUT2D eigenvalue weighted by molar-refractivity contribution is 7.85. The Hall–Kier alpha value is -0.340. The number of thiazole rings is 1. The van der Waals surface area contributed by atoms with Gasteiger partial charge in [-0.2, -0.15) is 0 Å². The van der Waals surface area contributed by atoms with Crippen molar-refractivity contribution in [1.82, 2.24) is 4.98 Å². The Labute approximate surface area is 101 Å². The van der Waals surface area contributed by atoms with Crippen LogP contribution in [-0.2, 0) is 26.1 Å². The lowest BCUT2D eigenvalue weighted by molar-refractivity contribution is -0.159. The molecule has 5 nitrogen and oxygen atoms in total. The molecule has 7 heteroatoms. The molecular weight excluding hydrogens is 248 g/mol. The molecule has 0 spiro atoms. The molecule has 2 N–H and O–H groups in total. The van der Waals surface area contributed by atoms with Crippen LogP contribution in [0.25, 0.3) is 0 Å². The van der Waals surface area contributed by atoms with Crippen LogP contribution in [0, 0.1) is 0 Å². The molecule has 0 amide bonds. The van der Waals surface area contributed by atoms with E-state index >= 15 is 0 Å². The van der Waals surface area contributed by atoms with Crippen molar-refractivity contribution in [3.63, 3.8) is 0 Å². The summed E-state index contributed by atoms with van der Waals surface area (Å²) in [6.45, 7) is 6.05. The Morgan fingerprint density at radius 3 is 2.69 bits per heavy atom. The Balaban J connectivity index is 2.27. The number of ether oxygens (including phenoxy) is 2. The molecule has 2 atom stereocenters. The van der Waals surface area contributed by atoms with Crippen LogP contribution in [0.3, 0.4) is 0 Å². The third kappa shape index (κ3) is 2.18. The summed E-state index contributed by atoms with van der Waals surface area (Å²) in [6.07, 6.45) is 1.52. The lowest BCUT2D eigenvalue weighted by Gasteiger charge is -2.22. The maximum atomic E-state index is 11.1. The predicted molar refractivity (Wildman–Crippen MR) is 61.2 cm³/mol. The second-order valence-electron chi connectivity index (χ2n) is 4.30. The van der Waals surface area contributed by atoms with Gasteiger partial charge >= 0.3 is 0 Å². The van der Waals surface area contributed by atoms with Gasteiger partial charge in [0.25, 0.3) is 0 Å². The smallest absolute Gasteiger partial charge is 0.164 e. The molecule has 90 valence electrons. The highest BCUT2D eigenvalue weighted by Crippen LogP contribution is 2.40. The van der Waals surface area contributed by atoms with Gasteiger partial charge in [-0.1, -0.05) is 0 Å². The summed E-state index contributed by atoms with van der Waals surface area (Å²) in [6, 6.07) is 0. The first-order chi connectivity index (χ1) is 7.32. The Morgan fingerprint density at radius 2 is 2.25 bits per heavy atom. The monoisotopic (exact) mass is 262 g/mol. The van der Waals surface area contributed by atoms with Gasteiger partial charge in [0.1, 0.15) is 25.8 Å². The average molecular weight is 262 g/mol. The van der Waals surface area contributed by atoms with E-state index in [0.717, 1.165) is 5.01 Å². The van der Waals surface area contributed by atoms with Crippen LogP contribution in [-0.4, -0.2) is 21.6 Å². The van der Waals surface area contributed by atoms with Gasteiger partial charge in [-0.3, -0.25) is 0 Å². The van der Waals surface area contributed by atoms with Crippen LogP contribution in [0.5, 0.6) is 0 Å². The van der Waals surface area contributed by atoms with Gasteiger partial charge in [-0.15, -0.1) is 11.3 Å². The van der Waals surface area contributed by atoms with Crippen LogP contribution < -0.4 is 5.14 Å². The van der Waals surface area contributed by atoms with E-state index in [4.69, 9.17) is 14.6 Å². The SMILES string of the molecule is CC1(C)OC[C@@](C)(c2ncc(S(N)=O)s2)O1. The van der Waals surface area contributed by atoms with Crippen molar-refractivity contribution in [1.29, 1.82) is 0 Å². The largest absolute Gasteiger partial charge is 0.347 e. The molecule has 0 bridgehead atoms. The van der Waals surface area contributed by atoms with Crippen LogP contribution in [0.15, 0.2) is 10.4 Å². The number of aromatic nitrogens is 1. The zero-order chi connectivity index (χ0) is 12.0. The van der Waals surface area contributed by atoms with E-state index in [0.29, 0.717) is 10.8 Å². The van der Waals surface area contributed by atoms with Crippen LogP contribution in [0.4, 0.5) is 0 Å². The van der Waals surface area contributed by atoms with Crippen LogP contribution in [0.2, 0.25) is 0 Å². The van der Waals surface area contributed by atoms with Gasteiger partial charge in [-0.25, -0.2) is 14.3 Å². The molecule has 1 fully saturated rings. The third-order valence-electron chi connectivity index (χ3n) is 2.30. The molecule has 2 heterocycles. The fraction of sp³-hybridized carbons (Fsp3) is 0.667. The summed E-state index contributed by atoms with van der Waals surface area (Å²) in [5, 5.41) is 6.04. The highest BCUT2D eigenvalue weighted by Gasteiger charge is 2.45. The summed E-state index contributed by atoms with van der Waals surface area (Å²) < 4.78 is 23.0. The quantitative estimate of drug-likeness (QED) is 0.866. The van der Waals surface area contributed by atoms with E-state index in [1.807, 2.05) is 20.8 Å². The number of nitrogens with zero attached hydrogens (tertiary/aromatic N) is 1. The maximum absolute atomic E-state index is 11.1. The molecule has 0 radical (unpaired) electrons. The standard InChI is InChI=1S/C9H14N2O3S2/c1-8(2)13-5-9(3,14-8)7-11-4-6(15-7)16(10)12/h4H,5,10H2,1-3H3/t9-,16?/m0/s1. The van der Waals surface area contributed by atoms with Crippen molar-refractivity contribution in [2.75, 3.05) is 6.61 Å². The minimum atomic E-state index is -1.49. The molecule has 1 aromatic heterocycles. The second kappa shape index (κ2) is 3.85. The minimum Gasteiger partial charge on any atom is -0.347 e. The predicted octanol–water partition coefficient (Wildman–Crippen LogP) is 1.12. The summed E-state index contributed by atoms with van der Waals surface area (Å²) in [4.78, 5) is 4.20. The van der Waals surface area contributed by atoms with E-state index in [2.05, 4.69) is 4.98 Å². The molecule has 1 aliphatic heterocycles. The zero-order valence-corrected chi connectivity index (χ0v) is 11.0. The molecule has 0 aliphatic carbocycles. The summed E-state index contributed by atoms with van der Waals surface area (Å²) >= 11 is 1.30. The fourth-order valence-corrected chi connectivity index (χ4v) is 3.05. The van der Waals surface area contributed by atoms with Crippen molar-refractivity contribution >= 4 is 22.3 Å². The second-order valence-corrected chi connectivity index (χ2v) is 6.63. The van der Waals surface area contributed by atoms with E-state index in [1.54, 1.807) is 0 Å². The number of hydrogen-bond acceptors (Lipinski definition) is 5. The van der Waals surface area contributed by atoms with Gasteiger partial charge in [0.05, 0.1) is 12.8 Å². The topological polar surface area (TPSA) is 74.4 Å². The van der Waals surface area contributed by atoms with Crippen molar-refractivity contribution in [2.24, 2.45) is 5.14 Å². The van der Waals surface area contributed by atoms with E-state index in [9.17, 15) is 4.21 Å². The van der Waals surface area contributed by atoms with Gasteiger partial charge in [0, 0.05) is 0 Å². The summed E-state index contributed by atoms with van der Waals surface area (Å²) in [5.74, 6) is -0.609. The average Bonchev–Trinajstić information content (AvgIpc) is 2.71. The lowest BCUT2D eigenvalue weighted by Crippen LogP contribution is -2.28. The normalized spacial score (nSPS) is 30.5. The molecular formula is C9H14N2O3S2. The third-order valence-corrected chi connectivity index (χ3v) is 4.58. The van der Waals surface area contributed by atoms with Gasteiger partial charge in [0.2, 0.25) is 0 Å². The highest BCUT2D eigenvalue weighted by atomic mass is 32.2. The van der Waals surface area contributed by atoms with Crippen molar-refractivity contribution in [3.8, 4) is 0 Å². The zero-order valence-electron chi connectivity index (χ0n) is 9.35. The molecule has 0 aromatic carbocycles. The van der Waals surface area contributed by atoms with E-state index in [1.165, 1.54) is 17.5 Å². The molecule has 1 aromatic rings. The fourth-order valence-electron chi connectivity index (χ4n) is 1.62. The maximum Gasteiger partial charge on any atom is 0.164 e. The molecule has 1 aliphatic rings. The molecule has 1 saturated heterocycles. The van der Waals surface area contributed by atoms with E-state index in [-0.39, 0.29) is 0 Å². The Kier molecular flexibility index (Phi) is 2.92. The summed E-state index contributed by atoms with van der Waals surface area (Å²) in [7, 11) is -1.49. The van der Waals surface area contributed by atoms with Crippen LogP contribution in [0.1, 0.15) is 25.8 Å². The first kappa shape index (κ1) is 12.1. The lowest BCUT2D eigenvalue weighted by atomic mass is 10.1. The van der Waals surface area contributed by atoms with Crippen molar-refractivity contribution in [3.05, 3.63) is 11.2 Å². The van der Waals surface area contributed by atoms with Crippen molar-refractivity contribution < 1.29 is 13.7 Å². The number of rotatable bonds is 2. The molecule has 16 heavy (non-hydrogen) atoms. The molecule has 1 unspecified atom stereocenters. The first-order valence-corrected chi connectivity index (χ1v) is 6.82. The van der Waals surface area contributed by atoms with Gasteiger partial charge in [0.15, 0.2) is 5.79 Å². The first-order valence-electron chi connectivity index (χ1n) is 4.79. The Bertz CT molecular complexity index is 432. The number of hydrogen-bond donors (Lipinski definition) is 1. The van der Waals surface area contributed by atoms with E-state index < -0.39 is 22.4 Å². The minimum absolute atomic E-state index is 0.435. The van der Waals surface area contributed by atoms with Gasteiger partial charge in [-0.05, 0) is 20.8 Å². The molecule has 2 rings (SSSR count). The number of nitrogens with two attached hydrogens (primary N) is 1. The van der Waals surface area contributed by atoms with Crippen molar-refractivity contribution in [2.45, 2.75) is 36.4 Å². The summed E-state index contributed by atoms with van der Waals surface area (Å²) in [5.41, 5.74) is -0.578. The van der Waals surface area contributed by atoms with Gasteiger partial charge < -0.3 is 9.47 Å². The Morgan fingerprint density at radius 1 is 1.56 bits per heavy atom. The van der Waals surface area contributed by atoms with Crippen LogP contribution >= 0.6 is 11.3 Å². The molecule has 0 saturated carbocycles.